The Morgan fingerprint density at radius 2 is 1.83 bits per heavy atom. The maximum absolute atomic E-state index is 12.7. The molecule has 2 aromatic rings. The fourth-order valence-electron chi connectivity index (χ4n) is 4.15. The lowest BCUT2D eigenvalue weighted by Gasteiger charge is -2.32. The van der Waals surface area contributed by atoms with Crippen LogP contribution in [0.15, 0.2) is 48.5 Å². The first-order chi connectivity index (χ1) is 13.7. The molecule has 4 rings (SSSR count). The van der Waals surface area contributed by atoms with Crippen molar-refractivity contribution in [2.75, 3.05) is 46.3 Å². The van der Waals surface area contributed by atoms with Gasteiger partial charge in [0.2, 0.25) is 0 Å². The van der Waals surface area contributed by atoms with Crippen LogP contribution in [0.3, 0.4) is 0 Å². The van der Waals surface area contributed by atoms with Crippen LogP contribution < -0.4 is 10.6 Å². The van der Waals surface area contributed by atoms with Crippen molar-refractivity contribution in [1.29, 1.82) is 0 Å². The van der Waals surface area contributed by atoms with E-state index < -0.39 is 0 Å². The van der Waals surface area contributed by atoms with Crippen LogP contribution >= 0.6 is 24.8 Å². The Balaban J connectivity index is 0.00000160. The second kappa shape index (κ2) is 11.7. The third-order valence-electron chi connectivity index (χ3n) is 5.87. The van der Waals surface area contributed by atoms with Crippen molar-refractivity contribution < 1.29 is 4.79 Å². The van der Waals surface area contributed by atoms with Crippen LogP contribution in [0.25, 0.3) is 0 Å². The van der Waals surface area contributed by atoms with E-state index in [4.69, 9.17) is 0 Å². The lowest BCUT2D eigenvalue weighted by molar-refractivity contribution is 0.0948. The van der Waals surface area contributed by atoms with Gasteiger partial charge in [-0.05, 0) is 48.8 Å². The Kier molecular flexibility index (Phi) is 9.59. The Labute approximate surface area is 192 Å². The third kappa shape index (κ3) is 6.19. The summed E-state index contributed by atoms with van der Waals surface area (Å²) in [6.45, 7) is 6.86. The van der Waals surface area contributed by atoms with Gasteiger partial charge in [0.1, 0.15) is 0 Å². The van der Waals surface area contributed by atoms with E-state index >= 15 is 0 Å². The molecule has 2 aliphatic heterocycles. The van der Waals surface area contributed by atoms with Crippen molar-refractivity contribution in [3.05, 3.63) is 70.8 Å². The molecule has 0 spiro atoms. The molecule has 0 radical (unpaired) electrons. The van der Waals surface area contributed by atoms with Crippen LogP contribution in [0.4, 0.5) is 0 Å². The Morgan fingerprint density at radius 3 is 2.63 bits per heavy atom. The molecule has 30 heavy (non-hydrogen) atoms. The minimum absolute atomic E-state index is 0. The highest BCUT2D eigenvalue weighted by atomic mass is 35.5. The summed E-state index contributed by atoms with van der Waals surface area (Å²) in [5.41, 5.74) is 4.64. The first kappa shape index (κ1) is 24.6. The average molecular weight is 451 g/mol. The highest BCUT2D eigenvalue weighted by Crippen LogP contribution is 2.22. The van der Waals surface area contributed by atoms with Gasteiger partial charge in [-0.3, -0.25) is 9.69 Å². The standard InChI is InChI=1S/C23H30N4O.2ClH/c1-26-11-13-27(14-12-26)17-18-5-4-7-20(15-18)23(28)25-16-22-21-8-3-2-6-19(21)9-10-24-22;;/h2-8,15,22,24H,9-14,16-17H2,1H3,(H,25,28);2*1H. The number of halogens is 2. The van der Waals surface area contributed by atoms with Crippen LogP contribution in [0.5, 0.6) is 0 Å². The first-order valence-corrected chi connectivity index (χ1v) is 10.3. The van der Waals surface area contributed by atoms with Crippen molar-refractivity contribution >= 4 is 30.7 Å². The van der Waals surface area contributed by atoms with Gasteiger partial charge in [0.05, 0.1) is 0 Å². The van der Waals surface area contributed by atoms with Gasteiger partial charge in [-0.25, -0.2) is 0 Å². The molecule has 2 N–H and O–H groups in total. The highest BCUT2D eigenvalue weighted by molar-refractivity contribution is 5.94. The number of nitrogens with one attached hydrogen (secondary N) is 2. The zero-order valence-electron chi connectivity index (χ0n) is 17.5. The number of fused-ring (bicyclic) bond motifs is 1. The van der Waals surface area contributed by atoms with E-state index in [-0.39, 0.29) is 36.8 Å². The summed E-state index contributed by atoms with van der Waals surface area (Å²) in [6, 6.07) is 16.8. The molecule has 1 fully saturated rings. The third-order valence-corrected chi connectivity index (χ3v) is 5.87. The number of nitrogens with zero attached hydrogens (tertiary/aromatic N) is 2. The normalized spacial score (nSPS) is 19.2. The quantitative estimate of drug-likeness (QED) is 0.734. The molecule has 0 aliphatic carbocycles. The monoisotopic (exact) mass is 450 g/mol. The smallest absolute Gasteiger partial charge is 0.251 e. The summed E-state index contributed by atoms with van der Waals surface area (Å²) in [4.78, 5) is 17.5. The molecule has 1 atom stereocenters. The summed E-state index contributed by atoms with van der Waals surface area (Å²) in [7, 11) is 2.17. The van der Waals surface area contributed by atoms with Crippen LogP contribution in [0.2, 0.25) is 0 Å². The molecule has 0 bridgehead atoms. The molecule has 1 unspecified atom stereocenters. The largest absolute Gasteiger partial charge is 0.350 e. The van der Waals surface area contributed by atoms with E-state index in [2.05, 4.69) is 57.8 Å². The maximum Gasteiger partial charge on any atom is 0.251 e. The van der Waals surface area contributed by atoms with Crippen LogP contribution in [0.1, 0.15) is 33.1 Å². The van der Waals surface area contributed by atoms with Gasteiger partial charge >= 0.3 is 0 Å². The molecular formula is C23H32Cl2N4O. The number of amides is 1. The van der Waals surface area contributed by atoms with Crippen molar-refractivity contribution in [2.24, 2.45) is 0 Å². The fourth-order valence-corrected chi connectivity index (χ4v) is 4.15. The van der Waals surface area contributed by atoms with E-state index in [1.165, 1.54) is 16.7 Å². The fraction of sp³-hybridized carbons (Fsp3) is 0.435. The molecule has 2 aromatic carbocycles. The van der Waals surface area contributed by atoms with E-state index in [9.17, 15) is 4.79 Å². The summed E-state index contributed by atoms with van der Waals surface area (Å²) in [6.07, 6.45) is 1.05. The summed E-state index contributed by atoms with van der Waals surface area (Å²) in [5.74, 6) is 0.00471. The summed E-state index contributed by atoms with van der Waals surface area (Å²) in [5, 5.41) is 6.65. The number of piperazine rings is 1. The summed E-state index contributed by atoms with van der Waals surface area (Å²) >= 11 is 0. The molecule has 0 aromatic heterocycles. The number of hydrogen-bond acceptors (Lipinski definition) is 4. The second-order valence-corrected chi connectivity index (χ2v) is 7.95. The first-order valence-electron chi connectivity index (χ1n) is 10.3. The van der Waals surface area contributed by atoms with Crippen LogP contribution in [-0.4, -0.2) is 62.0 Å². The van der Waals surface area contributed by atoms with Gasteiger partial charge in [0.15, 0.2) is 0 Å². The molecule has 2 heterocycles. The lowest BCUT2D eigenvalue weighted by Crippen LogP contribution is -2.43. The average Bonchev–Trinajstić information content (AvgIpc) is 2.74. The second-order valence-electron chi connectivity index (χ2n) is 7.95. The van der Waals surface area contributed by atoms with Gasteiger partial charge in [0.25, 0.3) is 5.91 Å². The lowest BCUT2D eigenvalue weighted by atomic mass is 9.94. The van der Waals surface area contributed by atoms with Crippen molar-refractivity contribution in [3.8, 4) is 0 Å². The van der Waals surface area contributed by atoms with E-state index in [1.54, 1.807) is 0 Å². The van der Waals surface area contributed by atoms with Gasteiger partial charge < -0.3 is 15.5 Å². The molecule has 0 saturated carbocycles. The highest BCUT2D eigenvalue weighted by Gasteiger charge is 2.20. The molecule has 1 saturated heterocycles. The minimum Gasteiger partial charge on any atom is -0.350 e. The minimum atomic E-state index is 0. The van der Waals surface area contributed by atoms with Gasteiger partial charge in [0, 0.05) is 50.9 Å². The molecule has 7 heteroatoms. The number of benzene rings is 2. The van der Waals surface area contributed by atoms with Crippen LogP contribution in [-0.2, 0) is 13.0 Å². The molecular weight excluding hydrogens is 419 g/mol. The Hall–Kier alpha value is -1.63. The number of rotatable bonds is 5. The van der Waals surface area contributed by atoms with Gasteiger partial charge in [-0.15, -0.1) is 24.8 Å². The van der Waals surface area contributed by atoms with Crippen LogP contribution in [0, 0.1) is 0 Å². The number of likely N-dealkylation sites (N-methyl/N-ethyl adjacent to an activating group) is 1. The number of carbonyl (C=O) groups excluding carboxylic acids is 1. The zero-order chi connectivity index (χ0) is 19.3. The predicted molar refractivity (Wildman–Crippen MR) is 127 cm³/mol. The zero-order valence-corrected chi connectivity index (χ0v) is 19.1. The Bertz CT molecular complexity index is 824. The summed E-state index contributed by atoms with van der Waals surface area (Å²) < 4.78 is 0. The van der Waals surface area contributed by atoms with Crippen molar-refractivity contribution in [2.45, 2.75) is 19.0 Å². The molecule has 164 valence electrons. The van der Waals surface area contributed by atoms with E-state index in [0.717, 1.165) is 51.3 Å². The predicted octanol–water partition coefficient (Wildman–Crippen LogP) is 2.89. The number of hydrogen-bond donors (Lipinski definition) is 2. The SMILES string of the molecule is CN1CCN(Cc2cccc(C(=O)NCC3NCCc4ccccc43)c2)CC1.Cl.Cl. The van der Waals surface area contributed by atoms with E-state index in [1.807, 2.05) is 18.2 Å². The van der Waals surface area contributed by atoms with Gasteiger partial charge in [-0.2, -0.15) is 0 Å². The van der Waals surface area contributed by atoms with Gasteiger partial charge in [-0.1, -0.05) is 36.4 Å². The van der Waals surface area contributed by atoms with E-state index in [0.29, 0.717) is 6.54 Å². The molecule has 1 amide bonds. The van der Waals surface area contributed by atoms with Crippen molar-refractivity contribution in [3.63, 3.8) is 0 Å². The maximum atomic E-state index is 12.7. The number of carbonyl (C=O) groups is 1. The Morgan fingerprint density at radius 1 is 1.07 bits per heavy atom. The topological polar surface area (TPSA) is 47.6 Å². The molecule has 5 nitrogen and oxygen atoms in total. The molecule has 2 aliphatic rings. The van der Waals surface area contributed by atoms with Crippen molar-refractivity contribution in [1.82, 2.24) is 20.4 Å².